The van der Waals surface area contributed by atoms with Gasteiger partial charge in [0.2, 0.25) is 17.8 Å². The van der Waals surface area contributed by atoms with E-state index in [1.807, 2.05) is 4.90 Å². The first-order valence-corrected chi connectivity index (χ1v) is 12.9. The minimum atomic E-state index is -1.01. The number of aromatic nitrogens is 2. The molecule has 7 rings (SSSR count). The average Bonchev–Trinajstić information content (AvgIpc) is 3.45. The van der Waals surface area contributed by atoms with Gasteiger partial charge in [0.1, 0.15) is 11.2 Å². The number of carbonyl (C=O) groups is 2. The van der Waals surface area contributed by atoms with Crippen molar-refractivity contribution >= 4 is 35.0 Å². The molecule has 3 saturated heterocycles. The van der Waals surface area contributed by atoms with E-state index in [2.05, 4.69) is 50.1 Å². The lowest BCUT2D eigenvalue weighted by molar-refractivity contribution is -0.140. The van der Waals surface area contributed by atoms with E-state index < -0.39 is 5.41 Å². The molecule has 0 radical (unpaired) electrons. The number of hydrogen-bond acceptors (Lipinski definition) is 7. The summed E-state index contributed by atoms with van der Waals surface area (Å²) in [5.41, 5.74) is 2.52. The molecule has 0 bridgehead atoms. The minimum Gasteiger partial charge on any atom is -0.370 e. The summed E-state index contributed by atoms with van der Waals surface area (Å²) in [6.45, 7) is 5.04. The molecule has 1 aromatic carbocycles. The predicted octanol–water partition coefficient (Wildman–Crippen LogP) is 1.97. The van der Waals surface area contributed by atoms with Crippen molar-refractivity contribution in [2.24, 2.45) is 10.8 Å². The smallest absolute Gasteiger partial charge is 0.244 e. The molecule has 5 heterocycles. The van der Waals surface area contributed by atoms with E-state index >= 15 is 0 Å². The zero-order valence-electron chi connectivity index (χ0n) is 19.8. The second-order valence-corrected chi connectivity index (χ2v) is 11.1. The van der Waals surface area contributed by atoms with Crippen molar-refractivity contribution in [3.05, 3.63) is 36.0 Å². The van der Waals surface area contributed by atoms with E-state index in [-0.39, 0.29) is 17.9 Å². The van der Waals surface area contributed by atoms with Crippen LogP contribution in [-0.2, 0) is 16.0 Å². The summed E-state index contributed by atoms with van der Waals surface area (Å²) in [6.07, 6.45) is 6.80. The van der Waals surface area contributed by atoms with Crippen LogP contribution in [0.3, 0.4) is 0 Å². The van der Waals surface area contributed by atoms with Crippen LogP contribution in [0.1, 0.15) is 37.7 Å². The SMILES string of the molecule is O=C1NCCC12Cc1cnc(Nc3ccc(N4CC5(CNC5)C4)cc3)nc1N(C1CCCC1)C2=O. The fourth-order valence-electron chi connectivity index (χ4n) is 6.60. The second-order valence-electron chi connectivity index (χ2n) is 11.1. The molecule has 9 nitrogen and oxygen atoms in total. The van der Waals surface area contributed by atoms with Crippen LogP contribution in [0.15, 0.2) is 30.5 Å². The Labute approximate surface area is 204 Å². The lowest BCUT2D eigenvalue weighted by Crippen LogP contribution is -2.71. The van der Waals surface area contributed by atoms with Gasteiger partial charge in [-0.25, -0.2) is 4.98 Å². The molecule has 1 unspecified atom stereocenters. The van der Waals surface area contributed by atoms with Gasteiger partial charge in [0.25, 0.3) is 0 Å². The third-order valence-electron chi connectivity index (χ3n) is 8.69. The highest BCUT2D eigenvalue weighted by Gasteiger charge is 2.56. The Kier molecular flexibility index (Phi) is 4.61. The molecule has 2 spiro atoms. The highest BCUT2D eigenvalue weighted by Crippen LogP contribution is 2.44. The lowest BCUT2D eigenvalue weighted by Gasteiger charge is -2.57. The van der Waals surface area contributed by atoms with Gasteiger partial charge in [-0.1, -0.05) is 12.8 Å². The third-order valence-corrected chi connectivity index (χ3v) is 8.69. The quantitative estimate of drug-likeness (QED) is 0.584. The average molecular weight is 474 g/mol. The zero-order valence-corrected chi connectivity index (χ0v) is 19.8. The molecule has 35 heavy (non-hydrogen) atoms. The molecule has 5 aliphatic rings. The highest BCUT2D eigenvalue weighted by molar-refractivity contribution is 6.14. The number of anilines is 4. The van der Waals surface area contributed by atoms with E-state index in [1.54, 1.807) is 6.20 Å². The van der Waals surface area contributed by atoms with Crippen LogP contribution in [0.25, 0.3) is 0 Å². The van der Waals surface area contributed by atoms with Crippen molar-refractivity contribution in [2.75, 3.05) is 47.8 Å². The van der Waals surface area contributed by atoms with E-state index in [4.69, 9.17) is 4.98 Å². The Hall–Kier alpha value is -3.20. The highest BCUT2D eigenvalue weighted by atomic mass is 16.2. The molecular formula is C26H31N7O2. The Bertz CT molecular complexity index is 1180. The summed E-state index contributed by atoms with van der Waals surface area (Å²) in [5, 5.41) is 9.58. The summed E-state index contributed by atoms with van der Waals surface area (Å²) < 4.78 is 0. The number of carbonyl (C=O) groups excluding carboxylic acids is 2. The van der Waals surface area contributed by atoms with E-state index in [9.17, 15) is 9.59 Å². The molecule has 9 heteroatoms. The first kappa shape index (κ1) is 21.1. The maximum Gasteiger partial charge on any atom is 0.244 e. The molecule has 1 saturated carbocycles. The Morgan fingerprint density at radius 2 is 1.83 bits per heavy atom. The van der Waals surface area contributed by atoms with Gasteiger partial charge in [0, 0.05) is 73.7 Å². The molecule has 4 fully saturated rings. The number of amides is 2. The summed E-state index contributed by atoms with van der Waals surface area (Å²) in [4.78, 5) is 40.2. The monoisotopic (exact) mass is 473 g/mol. The van der Waals surface area contributed by atoms with Crippen LogP contribution in [0.4, 0.5) is 23.1 Å². The Morgan fingerprint density at radius 1 is 1.06 bits per heavy atom. The summed E-state index contributed by atoms with van der Waals surface area (Å²) in [6, 6.07) is 8.48. The van der Waals surface area contributed by atoms with Crippen LogP contribution >= 0.6 is 0 Å². The maximum atomic E-state index is 13.8. The minimum absolute atomic E-state index is 0.0881. The van der Waals surface area contributed by atoms with Crippen LogP contribution in [0.2, 0.25) is 0 Å². The van der Waals surface area contributed by atoms with E-state index in [0.717, 1.165) is 63.1 Å². The van der Waals surface area contributed by atoms with Crippen molar-refractivity contribution < 1.29 is 9.59 Å². The summed E-state index contributed by atoms with van der Waals surface area (Å²) in [5.74, 6) is 0.902. The zero-order chi connectivity index (χ0) is 23.6. The number of hydrogen-bond donors (Lipinski definition) is 3. The van der Waals surface area contributed by atoms with Crippen molar-refractivity contribution in [3.8, 4) is 0 Å². The number of benzene rings is 1. The fraction of sp³-hybridized carbons (Fsp3) is 0.538. The lowest BCUT2D eigenvalue weighted by atomic mass is 9.74. The largest absolute Gasteiger partial charge is 0.370 e. The molecule has 4 aliphatic heterocycles. The van der Waals surface area contributed by atoms with Gasteiger partial charge in [-0.3, -0.25) is 14.5 Å². The van der Waals surface area contributed by atoms with Gasteiger partial charge in [-0.2, -0.15) is 4.98 Å². The first-order valence-electron chi connectivity index (χ1n) is 12.9. The van der Waals surface area contributed by atoms with Gasteiger partial charge in [-0.15, -0.1) is 0 Å². The molecule has 182 valence electrons. The maximum absolute atomic E-state index is 13.8. The number of fused-ring (bicyclic) bond motifs is 1. The number of rotatable bonds is 4. The predicted molar refractivity (Wildman–Crippen MR) is 133 cm³/mol. The van der Waals surface area contributed by atoms with Gasteiger partial charge < -0.3 is 20.9 Å². The van der Waals surface area contributed by atoms with Crippen molar-refractivity contribution in [1.29, 1.82) is 0 Å². The molecule has 1 aromatic heterocycles. The topological polar surface area (TPSA) is 102 Å². The summed E-state index contributed by atoms with van der Waals surface area (Å²) in [7, 11) is 0. The summed E-state index contributed by atoms with van der Waals surface area (Å²) >= 11 is 0. The third kappa shape index (κ3) is 3.24. The van der Waals surface area contributed by atoms with Crippen LogP contribution < -0.4 is 25.8 Å². The molecule has 1 aliphatic carbocycles. The van der Waals surface area contributed by atoms with Crippen molar-refractivity contribution in [2.45, 2.75) is 44.6 Å². The Morgan fingerprint density at radius 3 is 2.49 bits per heavy atom. The van der Waals surface area contributed by atoms with Crippen LogP contribution in [0.5, 0.6) is 0 Å². The Balaban J connectivity index is 1.14. The van der Waals surface area contributed by atoms with Gasteiger partial charge >= 0.3 is 0 Å². The van der Waals surface area contributed by atoms with E-state index in [1.165, 1.54) is 5.69 Å². The van der Waals surface area contributed by atoms with Crippen molar-refractivity contribution in [3.63, 3.8) is 0 Å². The second kappa shape index (κ2) is 7.65. The number of nitrogens with one attached hydrogen (secondary N) is 3. The molecule has 2 amide bonds. The fourth-order valence-corrected chi connectivity index (χ4v) is 6.60. The first-order chi connectivity index (χ1) is 17.1. The standard InChI is InChI=1S/C26H31N7O2/c34-22-26(9-10-28-22)11-17-12-29-24(31-21(17)33(23(26)35)20-3-1-2-4-20)30-18-5-7-19(8-6-18)32-15-25(16-32)13-27-14-25/h5-8,12,20,27H,1-4,9-11,13-16H2,(H,28,34)(H,29,30,31). The molecule has 1 atom stereocenters. The normalized spacial score (nSPS) is 27.1. The van der Waals surface area contributed by atoms with Crippen LogP contribution in [0, 0.1) is 10.8 Å². The van der Waals surface area contributed by atoms with Gasteiger partial charge in [0.05, 0.1) is 0 Å². The van der Waals surface area contributed by atoms with E-state index in [0.29, 0.717) is 36.6 Å². The molecular weight excluding hydrogens is 442 g/mol. The van der Waals surface area contributed by atoms with Gasteiger partial charge in [0.15, 0.2) is 0 Å². The number of nitrogens with zero attached hydrogens (tertiary/aromatic N) is 4. The molecule has 2 aromatic rings. The molecule has 3 N–H and O–H groups in total. The van der Waals surface area contributed by atoms with Crippen LogP contribution in [-0.4, -0.2) is 60.5 Å². The van der Waals surface area contributed by atoms with Crippen molar-refractivity contribution in [1.82, 2.24) is 20.6 Å². The van der Waals surface area contributed by atoms with Gasteiger partial charge in [-0.05, 0) is 43.5 Å².